The van der Waals surface area contributed by atoms with E-state index < -0.39 is 17.9 Å². The van der Waals surface area contributed by atoms with Crippen LogP contribution in [0.1, 0.15) is 18.9 Å². The minimum absolute atomic E-state index is 0.312. The topological polar surface area (TPSA) is 94.1 Å². The third-order valence-corrected chi connectivity index (χ3v) is 3.30. The summed E-state index contributed by atoms with van der Waals surface area (Å²) >= 11 is 0. The Morgan fingerprint density at radius 1 is 1.39 bits per heavy atom. The molecule has 2 rings (SSSR count). The zero-order valence-corrected chi connectivity index (χ0v) is 13.0. The average molecular weight is 321 g/mol. The van der Waals surface area contributed by atoms with Crippen molar-refractivity contribution in [2.24, 2.45) is 0 Å². The Hall–Kier alpha value is -2.70. The van der Waals surface area contributed by atoms with Crippen molar-refractivity contribution < 1.29 is 28.9 Å². The van der Waals surface area contributed by atoms with Gasteiger partial charge in [-0.15, -0.1) is 0 Å². The number of benzene rings is 1. The molecule has 7 nitrogen and oxygen atoms in total. The standard InChI is InChI=1S/C16H19NO6/c1-3-11(16(19)20)17-14(18)5-4-10-8-12(21-2)15-13(9-10)22-6-7-23-15/h4-5,8-9,11H,3,6-7H2,1-2H3,(H,17,18)(H,19,20). The van der Waals surface area contributed by atoms with Crippen LogP contribution in [0.5, 0.6) is 17.2 Å². The molecule has 1 atom stereocenters. The maximum Gasteiger partial charge on any atom is 0.326 e. The molecule has 0 aliphatic carbocycles. The molecule has 0 aromatic heterocycles. The van der Waals surface area contributed by atoms with Crippen molar-refractivity contribution in [3.05, 3.63) is 23.8 Å². The lowest BCUT2D eigenvalue weighted by Crippen LogP contribution is -2.39. The van der Waals surface area contributed by atoms with Crippen LogP contribution in [-0.4, -0.2) is 43.3 Å². The fourth-order valence-electron chi connectivity index (χ4n) is 2.12. The van der Waals surface area contributed by atoms with E-state index in [4.69, 9.17) is 19.3 Å². The van der Waals surface area contributed by atoms with Crippen LogP contribution in [0.4, 0.5) is 0 Å². The van der Waals surface area contributed by atoms with Crippen LogP contribution in [0.2, 0.25) is 0 Å². The highest BCUT2D eigenvalue weighted by molar-refractivity contribution is 5.94. The highest BCUT2D eigenvalue weighted by Crippen LogP contribution is 2.40. The number of amides is 1. The molecule has 1 unspecified atom stereocenters. The van der Waals surface area contributed by atoms with Crippen LogP contribution in [0, 0.1) is 0 Å². The van der Waals surface area contributed by atoms with Crippen molar-refractivity contribution in [2.45, 2.75) is 19.4 Å². The second-order valence-electron chi connectivity index (χ2n) is 4.89. The summed E-state index contributed by atoms with van der Waals surface area (Å²) in [5, 5.41) is 11.3. The molecule has 7 heteroatoms. The van der Waals surface area contributed by atoms with Crippen molar-refractivity contribution in [1.29, 1.82) is 0 Å². The van der Waals surface area contributed by atoms with Gasteiger partial charge in [0, 0.05) is 6.08 Å². The molecule has 124 valence electrons. The van der Waals surface area contributed by atoms with E-state index in [-0.39, 0.29) is 0 Å². The second kappa shape index (κ2) is 7.53. The van der Waals surface area contributed by atoms with Crippen molar-refractivity contribution >= 4 is 18.0 Å². The molecule has 0 saturated heterocycles. The van der Waals surface area contributed by atoms with Crippen LogP contribution >= 0.6 is 0 Å². The summed E-state index contributed by atoms with van der Waals surface area (Å²) in [6.45, 7) is 2.59. The van der Waals surface area contributed by atoms with Gasteiger partial charge in [-0.3, -0.25) is 4.79 Å². The molecule has 1 aromatic carbocycles. The summed E-state index contributed by atoms with van der Waals surface area (Å²) < 4.78 is 16.3. The van der Waals surface area contributed by atoms with Crippen molar-refractivity contribution in [3.63, 3.8) is 0 Å². The number of fused-ring (bicyclic) bond motifs is 1. The van der Waals surface area contributed by atoms with E-state index in [2.05, 4.69) is 5.32 Å². The third kappa shape index (κ3) is 4.15. The van der Waals surface area contributed by atoms with Gasteiger partial charge in [0.15, 0.2) is 11.5 Å². The van der Waals surface area contributed by atoms with Crippen molar-refractivity contribution in [1.82, 2.24) is 5.32 Å². The van der Waals surface area contributed by atoms with E-state index in [0.717, 1.165) is 0 Å². The summed E-state index contributed by atoms with van der Waals surface area (Å²) in [6.07, 6.45) is 3.15. The van der Waals surface area contributed by atoms with Crippen LogP contribution in [0.3, 0.4) is 0 Å². The quantitative estimate of drug-likeness (QED) is 0.770. The molecule has 0 spiro atoms. The number of aliphatic carboxylic acids is 1. The zero-order chi connectivity index (χ0) is 16.8. The van der Waals surface area contributed by atoms with Gasteiger partial charge in [0.25, 0.3) is 0 Å². The second-order valence-corrected chi connectivity index (χ2v) is 4.89. The molecule has 1 heterocycles. The van der Waals surface area contributed by atoms with Crippen molar-refractivity contribution in [2.75, 3.05) is 20.3 Å². The molecule has 1 amide bonds. The highest BCUT2D eigenvalue weighted by Gasteiger charge is 2.18. The molecule has 23 heavy (non-hydrogen) atoms. The first kappa shape index (κ1) is 16.7. The number of hydrogen-bond donors (Lipinski definition) is 2. The van der Waals surface area contributed by atoms with E-state index in [9.17, 15) is 9.59 Å². The fraction of sp³-hybridized carbons (Fsp3) is 0.375. The van der Waals surface area contributed by atoms with Gasteiger partial charge in [-0.2, -0.15) is 0 Å². The average Bonchev–Trinajstić information content (AvgIpc) is 2.56. The van der Waals surface area contributed by atoms with Crippen molar-refractivity contribution in [3.8, 4) is 17.2 Å². The summed E-state index contributed by atoms with van der Waals surface area (Å²) in [5.74, 6) is 0.0625. The minimum Gasteiger partial charge on any atom is -0.493 e. The maximum absolute atomic E-state index is 11.8. The summed E-state index contributed by atoms with van der Waals surface area (Å²) in [7, 11) is 1.52. The normalized spacial score (nSPS) is 14.3. The van der Waals surface area contributed by atoms with Crippen LogP contribution in [0.15, 0.2) is 18.2 Å². The molecule has 1 aliphatic heterocycles. The van der Waals surface area contributed by atoms with Crippen LogP contribution < -0.4 is 19.5 Å². The SMILES string of the molecule is CCC(NC(=O)C=Cc1cc(OC)c2c(c1)OCCO2)C(=O)O. The Labute approximate surface area is 133 Å². The number of carbonyl (C=O) groups is 2. The maximum atomic E-state index is 11.8. The predicted molar refractivity (Wildman–Crippen MR) is 82.9 cm³/mol. The van der Waals surface area contributed by atoms with E-state index in [0.29, 0.717) is 42.4 Å². The Morgan fingerprint density at radius 2 is 2.13 bits per heavy atom. The van der Waals surface area contributed by atoms with Gasteiger partial charge >= 0.3 is 5.97 Å². The lowest BCUT2D eigenvalue weighted by Gasteiger charge is -2.20. The molecule has 0 saturated carbocycles. The number of methoxy groups -OCH3 is 1. The van der Waals surface area contributed by atoms with E-state index in [1.807, 2.05) is 0 Å². The molecular formula is C16H19NO6. The number of carbonyl (C=O) groups excluding carboxylic acids is 1. The largest absolute Gasteiger partial charge is 0.493 e. The number of ether oxygens (including phenoxy) is 3. The van der Waals surface area contributed by atoms with Gasteiger partial charge < -0.3 is 24.6 Å². The molecule has 2 N–H and O–H groups in total. The predicted octanol–water partition coefficient (Wildman–Crippen LogP) is 1.46. The number of hydrogen-bond acceptors (Lipinski definition) is 5. The number of carboxylic acids is 1. The highest BCUT2D eigenvalue weighted by atomic mass is 16.6. The summed E-state index contributed by atoms with van der Waals surface area (Å²) in [4.78, 5) is 22.7. The lowest BCUT2D eigenvalue weighted by molar-refractivity contribution is -0.141. The first-order chi connectivity index (χ1) is 11.0. The van der Waals surface area contributed by atoms with Gasteiger partial charge in [-0.05, 0) is 30.2 Å². The fourth-order valence-corrected chi connectivity index (χ4v) is 2.12. The summed E-state index contributed by atoms with van der Waals surface area (Å²) in [6, 6.07) is 2.54. The molecule has 1 aromatic rings. The summed E-state index contributed by atoms with van der Waals surface area (Å²) in [5.41, 5.74) is 0.685. The number of nitrogens with one attached hydrogen (secondary N) is 1. The molecule has 0 bridgehead atoms. The molecule has 0 radical (unpaired) electrons. The number of carboxylic acid groups (broad SMARTS) is 1. The first-order valence-electron chi connectivity index (χ1n) is 7.24. The molecular weight excluding hydrogens is 302 g/mol. The number of rotatable bonds is 6. The smallest absolute Gasteiger partial charge is 0.326 e. The lowest BCUT2D eigenvalue weighted by atomic mass is 10.1. The van der Waals surface area contributed by atoms with E-state index in [1.165, 1.54) is 13.2 Å². The van der Waals surface area contributed by atoms with E-state index in [1.54, 1.807) is 25.1 Å². The van der Waals surface area contributed by atoms with Gasteiger partial charge in [0.2, 0.25) is 11.7 Å². The first-order valence-corrected chi connectivity index (χ1v) is 7.24. The molecule has 0 fully saturated rings. The minimum atomic E-state index is -1.06. The van der Waals surface area contributed by atoms with Crippen LogP contribution in [0.25, 0.3) is 6.08 Å². The van der Waals surface area contributed by atoms with Gasteiger partial charge in [0.1, 0.15) is 19.3 Å². The molecule has 1 aliphatic rings. The Kier molecular flexibility index (Phi) is 5.46. The Morgan fingerprint density at radius 3 is 2.78 bits per heavy atom. The zero-order valence-electron chi connectivity index (χ0n) is 13.0. The van der Waals surface area contributed by atoms with Gasteiger partial charge in [-0.25, -0.2) is 4.79 Å². The monoisotopic (exact) mass is 321 g/mol. The Balaban J connectivity index is 2.13. The van der Waals surface area contributed by atoms with E-state index >= 15 is 0 Å². The van der Waals surface area contributed by atoms with Gasteiger partial charge in [0.05, 0.1) is 7.11 Å². The van der Waals surface area contributed by atoms with Gasteiger partial charge in [-0.1, -0.05) is 6.92 Å². The van der Waals surface area contributed by atoms with Crippen LogP contribution in [-0.2, 0) is 9.59 Å². The third-order valence-electron chi connectivity index (χ3n) is 3.30. The Bertz CT molecular complexity index is 608.